The van der Waals surface area contributed by atoms with E-state index in [2.05, 4.69) is 55.4 Å². The summed E-state index contributed by atoms with van der Waals surface area (Å²) in [5.74, 6) is 0.725. The molecule has 3 heteroatoms. The molecule has 1 saturated heterocycles. The minimum atomic E-state index is 0.625. The smallest absolute Gasteiger partial charge is 0.0444 e. The van der Waals surface area contributed by atoms with Gasteiger partial charge in [0.25, 0.3) is 0 Å². The standard InChI is InChI=1S/C17H30N2S/c1-5-8-16(17-9-7-12-20-17)19-11-10-15(18-6-2)13(3)14(19)4/h7,9,12-16,18H,5-6,8,10-11H2,1-4H3. The van der Waals surface area contributed by atoms with Crippen molar-refractivity contribution >= 4 is 11.3 Å². The van der Waals surface area contributed by atoms with E-state index in [1.807, 2.05) is 11.3 Å². The van der Waals surface area contributed by atoms with Gasteiger partial charge in [0.2, 0.25) is 0 Å². The number of hydrogen-bond donors (Lipinski definition) is 1. The first-order valence-corrected chi connectivity index (χ1v) is 9.09. The topological polar surface area (TPSA) is 15.3 Å². The minimum absolute atomic E-state index is 0.625. The molecule has 2 rings (SSSR count). The third-order valence-corrected chi connectivity index (χ3v) is 5.89. The van der Waals surface area contributed by atoms with Gasteiger partial charge in [-0.05, 0) is 43.7 Å². The van der Waals surface area contributed by atoms with E-state index in [1.54, 1.807) is 4.88 Å². The van der Waals surface area contributed by atoms with Gasteiger partial charge in [-0.2, -0.15) is 0 Å². The Bertz CT molecular complexity index is 376. The SMILES string of the molecule is CCCC(c1cccs1)N1CCC(NCC)C(C)C1C. The fourth-order valence-electron chi connectivity index (χ4n) is 3.61. The van der Waals surface area contributed by atoms with Crippen molar-refractivity contribution in [3.63, 3.8) is 0 Å². The predicted molar refractivity (Wildman–Crippen MR) is 89.4 cm³/mol. The third kappa shape index (κ3) is 3.44. The van der Waals surface area contributed by atoms with Crippen molar-refractivity contribution in [1.29, 1.82) is 0 Å². The molecule has 1 aromatic heterocycles. The first kappa shape index (κ1) is 16.0. The highest BCUT2D eigenvalue weighted by atomic mass is 32.1. The van der Waals surface area contributed by atoms with Crippen molar-refractivity contribution in [2.24, 2.45) is 5.92 Å². The number of likely N-dealkylation sites (tertiary alicyclic amines) is 1. The van der Waals surface area contributed by atoms with E-state index in [1.165, 1.54) is 25.8 Å². The molecule has 2 nitrogen and oxygen atoms in total. The third-order valence-electron chi connectivity index (χ3n) is 4.92. The van der Waals surface area contributed by atoms with Crippen molar-refractivity contribution in [2.75, 3.05) is 13.1 Å². The summed E-state index contributed by atoms with van der Waals surface area (Å²) in [6.07, 6.45) is 3.82. The zero-order valence-corrected chi connectivity index (χ0v) is 14.2. The van der Waals surface area contributed by atoms with Gasteiger partial charge in [-0.25, -0.2) is 0 Å². The second kappa shape index (κ2) is 7.58. The van der Waals surface area contributed by atoms with Crippen LogP contribution in [0.15, 0.2) is 17.5 Å². The molecule has 0 aliphatic carbocycles. The molecule has 1 fully saturated rings. The zero-order chi connectivity index (χ0) is 14.5. The molecule has 0 spiro atoms. The van der Waals surface area contributed by atoms with E-state index in [9.17, 15) is 0 Å². The van der Waals surface area contributed by atoms with Crippen LogP contribution in [0.2, 0.25) is 0 Å². The largest absolute Gasteiger partial charge is 0.314 e. The number of piperidine rings is 1. The van der Waals surface area contributed by atoms with Crippen LogP contribution in [0.3, 0.4) is 0 Å². The molecule has 0 bridgehead atoms. The van der Waals surface area contributed by atoms with E-state index >= 15 is 0 Å². The van der Waals surface area contributed by atoms with E-state index in [0.29, 0.717) is 18.1 Å². The molecule has 4 unspecified atom stereocenters. The summed E-state index contributed by atoms with van der Waals surface area (Å²) >= 11 is 1.92. The Balaban J connectivity index is 2.10. The Kier molecular flexibility index (Phi) is 6.06. The summed E-state index contributed by atoms with van der Waals surface area (Å²) in [5, 5.41) is 5.89. The van der Waals surface area contributed by atoms with Crippen LogP contribution in [0.5, 0.6) is 0 Å². The molecule has 1 N–H and O–H groups in total. The molecule has 1 aromatic rings. The molecule has 0 amide bonds. The van der Waals surface area contributed by atoms with Crippen molar-refractivity contribution < 1.29 is 0 Å². The molecule has 0 aromatic carbocycles. The maximum Gasteiger partial charge on any atom is 0.0444 e. The average molecular weight is 295 g/mol. The summed E-state index contributed by atoms with van der Waals surface area (Å²) < 4.78 is 0. The van der Waals surface area contributed by atoms with Gasteiger partial charge in [-0.15, -0.1) is 11.3 Å². The van der Waals surface area contributed by atoms with Crippen molar-refractivity contribution in [3.05, 3.63) is 22.4 Å². The van der Waals surface area contributed by atoms with Crippen LogP contribution in [-0.4, -0.2) is 30.1 Å². The number of hydrogen-bond acceptors (Lipinski definition) is 3. The van der Waals surface area contributed by atoms with Crippen LogP contribution in [0.1, 0.15) is 57.9 Å². The summed E-state index contributed by atoms with van der Waals surface area (Å²) in [6, 6.07) is 6.49. The van der Waals surface area contributed by atoms with Crippen LogP contribution in [0, 0.1) is 5.92 Å². The molecule has 0 saturated carbocycles. The monoisotopic (exact) mass is 294 g/mol. The van der Waals surface area contributed by atoms with Gasteiger partial charge in [0, 0.05) is 29.5 Å². The van der Waals surface area contributed by atoms with E-state index in [4.69, 9.17) is 0 Å². The van der Waals surface area contributed by atoms with Crippen LogP contribution in [0.25, 0.3) is 0 Å². The number of nitrogens with one attached hydrogen (secondary N) is 1. The van der Waals surface area contributed by atoms with Gasteiger partial charge >= 0.3 is 0 Å². The summed E-state index contributed by atoms with van der Waals surface area (Å²) in [4.78, 5) is 4.31. The van der Waals surface area contributed by atoms with Crippen LogP contribution < -0.4 is 5.32 Å². The summed E-state index contributed by atoms with van der Waals surface area (Å²) in [5.41, 5.74) is 0. The van der Waals surface area contributed by atoms with Gasteiger partial charge in [-0.3, -0.25) is 4.90 Å². The highest BCUT2D eigenvalue weighted by Gasteiger charge is 2.35. The maximum absolute atomic E-state index is 3.67. The molecule has 20 heavy (non-hydrogen) atoms. The van der Waals surface area contributed by atoms with E-state index < -0.39 is 0 Å². The Morgan fingerprint density at radius 3 is 2.80 bits per heavy atom. The number of thiophene rings is 1. The van der Waals surface area contributed by atoms with Crippen molar-refractivity contribution in [1.82, 2.24) is 10.2 Å². The van der Waals surface area contributed by atoms with E-state index in [-0.39, 0.29) is 0 Å². The lowest BCUT2D eigenvalue weighted by atomic mass is 9.85. The fourth-order valence-corrected chi connectivity index (χ4v) is 4.49. The first-order valence-electron chi connectivity index (χ1n) is 8.21. The van der Waals surface area contributed by atoms with Crippen LogP contribution >= 0.6 is 11.3 Å². The molecule has 1 aliphatic heterocycles. The Morgan fingerprint density at radius 2 is 2.20 bits per heavy atom. The Labute approximate surface area is 128 Å². The molecule has 0 radical (unpaired) electrons. The lowest BCUT2D eigenvalue weighted by Crippen LogP contribution is -2.54. The van der Waals surface area contributed by atoms with Gasteiger partial charge in [0.05, 0.1) is 0 Å². The zero-order valence-electron chi connectivity index (χ0n) is 13.4. The average Bonchev–Trinajstić information content (AvgIpc) is 2.96. The van der Waals surface area contributed by atoms with Gasteiger partial charge in [-0.1, -0.05) is 33.3 Å². The second-order valence-corrected chi connectivity index (χ2v) is 7.09. The second-order valence-electron chi connectivity index (χ2n) is 6.11. The molecular formula is C17H30N2S. The lowest BCUT2D eigenvalue weighted by Gasteiger charge is -2.46. The highest BCUT2D eigenvalue weighted by molar-refractivity contribution is 7.10. The number of rotatable bonds is 6. The Morgan fingerprint density at radius 1 is 1.40 bits per heavy atom. The van der Waals surface area contributed by atoms with Crippen LogP contribution in [-0.2, 0) is 0 Å². The fraction of sp³-hybridized carbons (Fsp3) is 0.765. The van der Waals surface area contributed by atoms with Crippen molar-refractivity contribution in [3.8, 4) is 0 Å². The Hall–Kier alpha value is -0.380. The number of nitrogens with zero attached hydrogens (tertiary/aromatic N) is 1. The maximum atomic E-state index is 3.67. The highest BCUT2D eigenvalue weighted by Crippen LogP contribution is 2.36. The van der Waals surface area contributed by atoms with Crippen molar-refractivity contribution in [2.45, 2.75) is 65.1 Å². The minimum Gasteiger partial charge on any atom is -0.314 e. The molecule has 1 aliphatic rings. The van der Waals surface area contributed by atoms with E-state index in [0.717, 1.165) is 12.5 Å². The molecular weight excluding hydrogens is 264 g/mol. The lowest BCUT2D eigenvalue weighted by molar-refractivity contribution is 0.0439. The normalized spacial score (nSPS) is 29.5. The van der Waals surface area contributed by atoms with Crippen LogP contribution in [0.4, 0.5) is 0 Å². The van der Waals surface area contributed by atoms with Gasteiger partial charge in [0.15, 0.2) is 0 Å². The summed E-state index contributed by atoms with van der Waals surface area (Å²) in [7, 11) is 0. The summed E-state index contributed by atoms with van der Waals surface area (Å²) in [6.45, 7) is 11.7. The molecule has 114 valence electrons. The molecule has 2 heterocycles. The van der Waals surface area contributed by atoms with Gasteiger partial charge < -0.3 is 5.32 Å². The predicted octanol–water partition coefficient (Wildman–Crippen LogP) is 4.30. The quantitative estimate of drug-likeness (QED) is 0.841. The van der Waals surface area contributed by atoms with Gasteiger partial charge in [0.1, 0.15) is 0 Å². The first-order chi connectivity index (χ1) is 9.69. The molecule has 4 atom stereocenters.